The molecule has 0 atom stereocenters. The van der Waals surface area contributed by atoms with Gasteiger partial charge in [-0.15, -0.1) is 13.2 Å². The number of aromatic nitrogens is 1. The van der Waals surface area contributed by atoms with Crippen molar-refractivity contribution in [2.45, 2.75) is 6.36 Å². The molecule has 0 aliphatic heterocycles. The van der Waals surface area contributed by atoms with Gasteiger partial charge in [0.25, 0.3) is 5.91 Å². The van der Waals surface area contributed by atoms with Gasteiger partial charge in [-0.1, -0.05) is 18.2 Å². The second-order valence-corrected chi connectivity index (χ2v) is 5.12. The molecule has 3 aromatic rings. The molecule has 0 spiro atoms. The summed E-state index contributed by atoms with van der Waals surface area (Å²) in [7, 11) is 0. The van der Waals surface area contributed by atoms with Gasteiger partial charge in [0.05, 0.1) is 5.56 Å². The minimum absolute atomic E-state index is 0.162. The Morgan fingerprint density at radius 1 is 1.04 bits per heavy atom. The third-order valence-electron chi connectivity index (χ3n) is 3.34. The summed E-state index contributed by atoms with van der Waals surface area (Å²) in [5.74, 6) is -0.945. The van der Waals surface area contributed by atoms with Crippen LogP contribution in [-0.2, 0) is 0 Å². The van der Waals surface area contributed by atoms with E-state index in [-0.39, 0.29) is 11.3 Å². The van der Waals surface area contributed by atoms with Gasteiger partial charge in [-0.2, -0.15) is 0 Å². The third-order valence-corrected chi connectivity index (χ3v) is 3.34. The molecule has 25 heavy (non-hydrogen) atoms. The van der Waals surface area contributed by atoms with Crippen molar-refractivity contribution in [3.05, 3.63) is 70.5 Å². The van der Waals surface area contributed by atoms with E-state index >= 15 is 0 Å². The zero-order chi connectivity index (χ0) is 18.0. The fraction of sp³-hybridized carbons (Fsp3) is 0.0588. The van der Waals surface area contributed by atoms with Crippen LogP contribution in [0.2, 0.25) is 0 Å². The summed E-state index contributed by atoms with van der Waals surface area (Å²) in [4.78, 5) is 26.7. The summed E-state index contributed by atoms with van der Waals surface area (Å²) in [6, 6.07) is 12.7. The summed E-state index contributed by atoms with van der Waals surface area (Å²) in [6.45, 7) is 0. The van der Waals surface area contributed by atoms with Gasteiger partial charge in [0.2, 0.25) is 5.56 Å². The van der Waals surface area contributed by atoms with Crippen molar-refractivity contribution in [1.29, 1.82) is 0 Å². The van der Waals surface area contributed by atoms with Gasteiger partial charge in [-0.3, -0.25) is 9.59 Å². The van der Waals surface area contributed by atoms with Crippen LogP contribution in [0.15, 0.2) is 59.4 Å². The molecule has 3 rings (SSSR count). The number of aromatic amines is 1. The molecule has 0 bridgehead atoms. The van der Waals surface area contributed by atoms with Crippen LogP contribution in [0, 0.1) is 0 Å². The van der Waals surface area contributed by atoms with Crippen LogP contribution in [0.25, 0.3) is 10.9 Å². The van der Waals surface area contributed by atoms with Crippen LogP contribution in [0.1, 0.15) is 10.4 Å². The first-order valence-corrected chi connectivity index (χ1v) is 7.11. The Kier molecular flexibility index (Phi) is 4.18. The predicted octanol–water partition coefficient (Wildman–Crippen LogP) is 3.68. The van der Waals surface area contributed by atoms with Crippen molar-refractivity contribution < 1.29 is 22.7 Å². The molecule has 0 aliphatic carbocycles. The van der Waals surface area contributed by atoms with E-state index in [1.807, 2.05) is 0 Å². The molecule has 2 N–H and O–H groups in total. The number of hydrogen-bond donors (Lipinski definition) is 2. The number of fused-ring (bicyclic) bond motifs is 1. The van der Waals surface area contributed by atoms with Crippen molar-refractivity contribution in [3.8, 4) is 5.75 Å². The molecule has 0 unspecified atom stereocenters. The first-order chi connectivity index (χ1) is 11.8. The van der Waals surface area contributed by atoms with E-state index in [1.54, 1.807) is 24.3 Å². The zero-order valence-electron chi connectivity index (χ0n) is 12.6. The number of amides is 1. The summed E-state index contributed by atoms with van der Waals surface area (Å²) in [5.41, 5.74) is 0.505. The number of anilines is 1. The van der Waals surface area contributed by atoms with E-state index < -0.39 is 23.6 Å². The van der Waals surface area contributed by atoms with Crippen molar-refractivity contribution >= 4 is 22.5 Å². The summed E-state index contributed by atoms with van der Waals surface area (Å²) in [6.07, 6.45) is -4.78. The maximum atomic E-state index is 12.4. The fourth-order valence-corrected chi connectivity index (χ4v) is 2.33. The van der Waals surface area contributed by atoms with Crippen LogP contribution < -0.4 is 15.6 Å². The van der Waals surface area contributed by atoms with Gasteiger partial charge in [0, 0.05) is 22.7 Å². The second kappa shape index (κ2) is 6.31. The molecule has 0 saturated carbocycles. The average molecular weight is 348 g/mol. The minimum Gasteiger partial charge on any atom is -0.406 e. The zero-order valence-corrected chi connectivity index (χ0v) is 12.6. The van der Waals surface area contributed by atoms with Gasteiger partial charge in [0.1, 0.15) is 5.75 Å². The number of alkyl halides is 3. The maximum Gasteiger partial charge on any atom is 0.573 e. The Hall–Kier alpha value is -3.29. The minimum atomic E-state index is -4.78. The number of pyridine rings is 1. The van der Waals surface area contributed by atoms with Gasteiger partial charge in [-0.05, 0) is 30.3 Å². The van der Waals surface area contributed by atoms with Gasteiger partial charge in [0.15, 0.2) is 0 Å². The summed E-state index contributed by atoms with van der Waals surface area (Å²) >= 11 is 0. The van der Waals surface area contributed by atoms with E-state index in [2.05, 4.69) is 15.0 Å². The molecule has 1 amide bonds. The molecular formula is C17H11F3N2O3. The number of nitrogens with one attached hydrogen (secondary N) is 2. The van der Waals surface area contributed by atoms with E-state index in [1.165, 1.54) is 18.2 Å². The standard InChI is InChI=1S/C17H11F3N2O3/c18-17(19,20)25-11-7-5-10(6-8-11)21-16(24)13-9-15(23)22-14-4-2-1-3-12(13)14/h1-9H,(H,21,24)(H,22,23). The number of rotatable bonds is 3. The molecule has 5 nitrogen and oxygen atoms in total. The topological polar surface area (TPSA) is 71.2 Å². The molecule has 8 heteroatoms. The number of H-pyrrole nitrogens is 1. The average Bonchev–Trinajstić information content (AvgIpc) is 2.54. The smallest absolute Gasteiger partial charge is 0.406 e. The quantitative estimate of drug-likeness (QED) is 0.758. The molecule has 0 radical (unpaired) electrons. The van der Waals surface area contributed by atoms with Gasteiger partial charge >= 0.3 is 6.36 Å². The van der Waals surface area contributed by atoms with Crippen molar-refractivity contribution in [3.63, 3.8) is 0 Å². The van der Waals surface area contributed by atoms with Crippen molar-refractivity contribution in [1.82, 2.24) is 4.98 Å². The Morgan fingerprint density at radius 3 is 2.40 bits per heavy atom. The van der Waals surface area contributed by atoms with Gasteiger partial charge < -0.3 is 15.0 Å². The Labute approximate surface area is 139 Å². The van der Waals surface area contributed by atoms with E-state index in [9.17, 15) is 22.8 Å². The Morgan fingerprint density at radius 2 is 1.72 bits per heavy atom. The van der Waals surface area contributed by atoms with E-state index in [0.717, 1.165) is 12.1 Å². The molecule has 0 fully saturated rings. The molecule has 1 aromatic heterocycles. The van der Waals surface area contributed by atoms with E-state index in [0.29, 0.717) is 10.9 Å². The molecule has 2 aromatic carbocycles. The van der Waals surface area contributed by atoms with Crippen LogP contribution in [0.5, 0.6) is 5.75 Å². The lowest BCUT2D eigenvalue weighted by Gasteiger charge is -2.10. The molecule has 128 valence electrons. The number of para-hydroxylation sites is 1. The highest BCUT2D eigenvalue weighted by Gasteiger charge is 2.30. The molecule has 0 saturated heterocycles. The van der Waals surface area contributed by atoms with Gasteiger partial charge in [-0.25, -0.2) is 0 Å². The first-order valence-electron chi connectivity index (χ1n) is 7.11. The SMILES string of the molecule is O=C(Nc1ccc(OC(F)(F)F)cc1)c1cc(=O)[nH]c2ccccc12. The third kappa shape index (κ3) is 3.97. The van der Waals surface area contributed by atoms with Crippen LogP contribution >= 0.6 is 0 Å². The fourth-order valence-electron chi connectivity index (χ4n) is 2.33. The number of ether oxygens (including phenoxy) is 1. The summed E-state index contributed by atoms with van der Waals surface area (Å²) < 4.78 is 40.2. The number of carbonyl (C=O) groups excluding carboxylic acids is 1. The summed E-state index contributed by atoms with van der Waals surface area (Å²) in [5, 5.41) is 3.09. The second-order valence-electron chi connectivity index (χ2n) is 5.12. The first kappa shape index (κ1) is 16.6. The molecule has 0 aliphatic rings. The lowest BCUT2D eigenvalue weighted by atomic mass is 10.1. The monoisotopic (exact) mass is 348 g/mol. The van der Waals surface area contributed by atoms with Crippen LogP contribution in [0.3, 0.4) is 0 Å². The number of carbonyl (C=O) groups is 1. The highest BCUT2D eigenvalue weighted by atomic mass is 19.4. The van der Waals surface area contributed by atoms with Crippen molar-refractivity contribution in [2.24, 2.45) is 0 Å². The maximum absolute atomic E-state index is 12.4. The van der Waals surface area contributed by atoms with E-state index in [4.69, 9.17) is 0 Å². The predicted molar refractivity (Wildman–Crippen MR) is 85.6 cm³/mol. The Bertz CT molecular complexity index is 979. The Balaban J connectivity index is 1.84. The van der Waals surface area contributed by atoms with Crippen LogP contribution in [-0.4, -0.2) is 17.3 Å². The lowest BCUT2D eigenvalue weighted by Crippen LogP contribution is -2.18. The highest BCUT2D eigenvalue weighted by Crippen LogP contribution is 2.24. The normalized spacial score (nSPS) is 11.3. The number of benzene rings is 2. The van der Waals surface area contributed by atoms with Crippen molar-refractivity contribution in [2.75, 3.05) is 5.32 Å². The number of halogens is 3. The lowest BCUT2D eigenvalue weighted by molar-refractivity contribution is -0.274. The largest absolute Gasteiger partial charge is 0.573 e. The molecule has 1 heterocycles. The van der Waals surface area contributed by atoms with Crippen LogP contribution in [0.4, 0.5) is 18.9 Å². The highest BCUT2D eigenvalue weighted by molar-refractivity contribution is 6.12. The molecular weight excluding hydrogens is 337 g/mol. The number of hydrogen-bond acceptors (Lipinski definition) is 3.